The van der Waals surface area contributed by atoms with Crippen molar-refractivity contribution in [1.82, 2.24) is 0 Å². The predicted octanol–water partition coefficient (Wildman–Crippen LogP) is 26.5. The van der Waals surface area contributed by atoms with Crippen molar-refractivity contribution in [2.24, 2.45) is 0 Å². The topological polar surface area (TPSA) is 74.2 Å². The molecule has 0 fully saturated rings. The van der Waals surface area contributed by atoms with Gasteiger partial charge in [-0.2, -0.15) is 0 Å². The van der Waals surface area contributed by atoms with E-state index in [2.05, 4.69) is 376 Å². The van der Waals surface area contributed by atoms with Gasteiger partial charge in [0.25, 0.3) is 0 Å². The molecule has 0 atom stereocenters. The summed E-state index contributed by atoms with van der Waals surface area (Å²) in [5, 5.41) is 4.13. The molecular weight excluding hydrogens is 1380 g/mol. The van der Waals surface area contributed by atoms with Gasteiger partial charge in [-0.3, -0.25) is 0 Å². The minimum absolute atomic E-state index is 0.0537. The summed E-state index contributed by atoms with van der Waals surface area (Å²) >= 11 is 0. The van der Waals surface area contributed by atoms with Crippen molar-refractivity contribution in [2.45, 2.75) is 296 Å². The summed E-state index contributed by atoms with van der Waals surface area (Å²) in [7, 11) is -9.79. The number of aryl methyl sites for hydroxylation is 5. The molecule has 0 aliphatic rings. The first-order valence-electron chi connectivity index (χ1n) is 39.2. The van der Waals surface area contributed by atoms with E-state index in [9.17, 15) is 4.89 Å². The van der Waals surface area contributed by atoms with Crippen LogP contribution < -0.4 is 44.6 Å². The second-order valence-corrected chi connectivity index (χ2v) is 47.8. The van der Waals surface area contributed by atoms with Gasteiger partial charge in [0.1, 0.15) is 0 Å². The molecule has 0 saturated carbocycles. The smallest absolute Gasteiger partial charge is 0.0561 e. The van der Waals surface area contributed by atoms with Crippen LogP contribution in [0.15, 0.2) is 158 Å². The van der Waals surface area contributed by atoms with Crippen LogP contribution in [0, 0.1) is 34.6 Å². The molecule has 6 nitrogen and oxygen atoms in total. The van der Waals surface area contributed by atoms with Crippen molar-refractivity contribution in [3.63, 3.8) is 0 Å². The van der Waals surface area contributed by atoms with E-state index in [-0.39, 0.29) is 54.1 Å². The fraction of sp³-hybridized carbons (Fsp3) is 0.455. The Morgan fingerprint density at radius 1 is 0.278 bits per heavy atom. The zero-order valence-electron chi connectivity index (χ0n) is 72.9. The molecule has 1 N–H and O–H groups in total. The van der Waals surface area contributed by atoms with E-state index in [1.54, 1.807) is 0 Å². The Labute approximate surface area is 656 Å². The summed E-state index contributed by atoms with van der Waals surface area (Å²) in [5.74, 6) is 2.76. The molecule has 0 aliphatic carbocycles. The molecule has 108 heavy (non-hydrogen) atoms. The molecule has 9 rings (SSSR count). The summed E-state index contributed by atoms with van der Waals surface area (Å²) in [4.78, 5) is 14.4. The van der Waals surface area contributed by atoms with Crippen molar-refractivity contribution in [3.8, 4) is 45.3 Å². The molecule has 0 unspecified atom stereocenters. The normalized spacial score (nSPS) is 13.6. The van der Waals surface area contributed by atoms with Crippen molar-refractivity contribution in [3.05, 3.63) is 241 Å². The van der Waals surface area contributed by atoms with Crippen LogP contribution in [0.3, 0.4) is 0 Å². The molecule has 0 aromatic heterocycles. The Morgan fingerprint density at radius 2 is 0.500 bits per heavy atom. The van der Waals surface area contributed by atoms with E-state index in [1.807, 2.05) is 24.3 Å². The van der Waals surface area contributed by atoms with Crippen molar-refractivity contribution in [1.29, 1.82) is 0 Å². The van der Waals surface area contributed by atoms with Crippen molar-refractivity contribution < 1.29 is 27.6 Å². The maximum absolute atomic E-state index is 16.5. The van der Waals surface area contributed by atoms with Crippen LogP contribution in [0.5, 0.6) is 23.0 Å². The predicted molar refractivity (Wildman–Crippen MR) is 472 cm³/mol. The van der Waals surface area contributed by atoms with Gasteiger partial charge in [0.2, 0.25) is 0 Å². The van der Waals surface area contributed by atoms with Crippen LogP contribution in [-0.2, 0) is 58.7 Å². The molecule has 0 spiro atoms. The van der Waals surface area contributed by atoms with Gasteiger partial charge in [-0.15, -0.1) is 0 Å². The van der Waals surface area contributed by atoms with E-state index >= 15 is 4.57 Å². The summed E-state index contributed by atoms with van der Waals surface area (Å²) in [5.41, 5.74) is 19.3. The van der Waals surface area contributed by atoms with Gasteiger partial charge in [-0.05, 0) is 116 Å². The SMILES string of the molecule is Cc1cc(OP(Oc2cc(C)c(C(C)(C)C)cc2C(C)(C)C)c2ccc(-c3ccc([PH](O)(c4ccc(-c5ccc(P(=O)(Oc6cc(C)c(C(C)(C)C)cc6C(C)(C)C)Oc6cc(C)c(C(C)(C)C)cc6C(C)(C)C)cc5)cc4)c4cc(C)c(C(C)(C)C)cc4C(C)(C)C)cc3)cc2)c(C(C)(C)C)cc1C(C)(C)C. The standard InChI is InChI=1S/C99H133O6P3/c1-62-52-85(80(95(21,22)23)57-75(62)90(6,7)8)102-106(103-86-53-63(2)76(91(9,10)11)58-81(86)96(24,25)26)71-44-36-67(37-45-71)68-38-46-72(47-39-68)107(100,89-56-66(5)79(94(18,19)20)61-84(89)99(33,34)35)73-48-40-69(41-49-73)70-42-50-74(51-43-70)108(101,104-87-54-64(3)77(92(12,13)14)59-82(87)97(27,28)29)105-88-55-65(4)78(93(15,16)17)60-83(88)98(30,31)32/h36-61,100,107H,1-35H3. The number of hydrogen-bond acceptors (Lipinski definition) is 6. The van der Waals surface area contributed by atoms with Gasteiger partial charge >= 0.3 is 354 Å². The van der Waals surface area contributed by atoms with Crippen molar-refractivity contribution in [2.75, 3.05) is 0 Å². The van der Waals surface area contributed by atoms with Crippen LogP contribution in [-0.4, -0.2) is 4.89 Å². The number of hydrogen-bond donors (Lipinski definition) is 1. The van der Waals surface area contributed by atoms with Crippen molar-refractivity contribution >= 4 is 50.0 Å². The zero-order chi connectivity index (χ0) is 81.0. The second-order valence-electron chi connectivity index (χ2n) is 41.4. The monoisotopic (exact) mass is 1510 g/mol. The minimum atomic E-state index is -4.22. The maximum atomic E-state index is 16.5. The average Bonchev–Trinajstić information content (AvgIpc) is 0.733. The molecule has 9 heteroatoms. The van der Waals surface area contributed by atoms with Gasteiger partial charge in [-0.25, -0.2) is 0 Å². The van der Waals surface area contributed by atoms with Crippen LogP contribution in [0.25, 0.3) is 22.3 Å². The average molecular weight is 1510 g/mol. The third-order valence-corrected chi connectivity index (χ3v) is 28.3. The Balaban J connectivity index is 1.15. The molecule has 0 bridgehead atoms. The first-order valence-corrected chi connectivity index (χ1v) is 43.9. The molecule has 0 saturated heterocycles. The first-order chi connectivity index (χ1) is 49.1. The Kier molecular flexibility index (Phi) is 23.5. The summed E-state index contributed by atoms with van der Waals surface area (Å²) < 4.78 is 45.5. The van der Waals surface area contributed by atoms with Crippen LogP contribution in [0.1, 0.15) is 291 Å². The van der Waals surface area contributed by atoms with Crippen LogP contribution in [0.2, 0.25) is 0 Å². The molecular formula is C99H133O6P3. The van der Waals surface area contributed by atoms with E-state index in [1.165, 1.54) is 38.9 Å². The summed E-state index contributed by atoms with van der Waals surface area (Å²) in [6.45, 7) is 78.2. The fourth-order valence-corrected chi connectivity index (χ4v) is 22.0. The third-order valence-electron chi connectivity index (χ3n) is 21.5. The molecule has 580 valence electrons. The Morgan fingerprint density at radius 3 is 0.769 bits per heavy atom. The van der Waals surface area contributed by atoms with Gasteiger partial charge in [0.15, 0.2) is 0 Å². The third kappa shape index (κ3) is 18.5. The van der Waals surface area contributed by atoms with Gasteiger partial charge in [-0.1, -0.05) is 190 Å². The van der Waals surface area contributed by atoms with Gasteiger partial charge < -0.3 is 0 Å². The van der Waals surface area contributed by atoms with Gasteiger partial charge in [0.05, 0.1) is 0 Å². The quantitative estimate of drug-likeness (QED) is 0.103. The molecule has 9 aromatic rings. The molecule has 0 heterocycles. The van der Waals surface area contributed by atoms with Crippen LogP contribution >= 0.6 is 23.5 Å². The first kappa shape index (κ1) is 85.2. The van der Waals surface area contributed by atoms with E-state index in [0.717, 1.165) is 99.5 Å². The van der Waals surface area contributed by atoms with Crippen LogP contribution in [0.4, 0.5) is 0 Å². The summed E-state index contributed by atoms with van der Waals surface area (Å²) in [6, 6.07) is 56.2. The summed E-state index contributed by atoms with van der Waals surface area (Å²) in [6.07, 6.45) is 0. The zero-order valence-corrected chi connectivity index (χ0v) is 75.7. The number of benzene rings is 9. The fourth-order valence-electron chi connectivity index (χ4n) is 15.6. The van der Waals surface area contributed by atoms with E-state index < -0.39 is 23.5 Å². The van der Waals surface area contributed by atoms with Gasteiger partial charge in [0, 0.05) is 0 Å². The molecule has 0 radical (unpaired) electrons. The Bertz CT molecular complexity index is 4660. The number of rotatable bonds is 15. The van der Waals surface area contributed by atoms with E-state index in [4.69, 9.17) is 18.1 Å². The van der Waals surface area contributed by atoms with E-state index in [0.29, 0.717) is 16.8 Å². The minimum Gasteiger partial charge on any atom is -0.0561 e. The molecule has 9 aromatic carbocycles. The Hall–Kier alpha value is -6.77. The molecule has 0 amide bonds. The molecule has 0 aliphatic heterocycles. The second kappa shape index (κ2) is 29.7.